The number of piperazine rings is 1. The van der Waals surface area contributed by atoms with E-state index in [1.54, 1.807) is 0 Å². The van der Waals surface area contributed by atoms with E-state index in [9.17, 15) is 0 Å². The van der Waals surface area contributed by atoms with Gasteiger partial charge in [0.05, 0.1) is 11.6 Å². The van der Waals surface area contributed by atoms with Gasteiger partial charge in [0.25, 0.3) is 0 Å². The molecule has 2 aliphatic rings. The Kier molecular flexibility index (Phi) is 3.31. The van der Waals surface area contributed by atoms with Gasteiger partial charge in [0.2, 0.25) is 0 Å². The molecule has 1 heterocycles. The summed E-state index contributed by atoms with van der Waals surface area (Å²) in [5.41, 5.74) is 1.99. The molecule has 3 heteroatoms. The maximum Gasteiger partial charge on any atom is 0.0995 e. The van der Waals surface area contributed by atoms with Crippen LogP contribution < -0.4 is 0 Å². The van der Waals surface area contributed by atoms with Gasteiger partial charge in [0.1, 0.15) is 0 Å². The second-order valence-electron chi connectivity index (χ2n) is 5.31. The Morgan fingerprint density at radius 2 is 1.83 bits per heavy atom. The molecule has 1 aromatic carbocycles. The van der Waals surface area contributed by atoms with Crippen LogP contribution >= 0.6 is 0 Å². The third-order valence-corrected chi connectivity index (χ3v) is 4.00. The molecule has 3 nitrogen and oxygen atoms in total. The number of benzene rings is 1. The van der Waals surface area contributed by atoms with E-state index in [1.165, 1.54) is 31.5 Å². The van der Waals surface area contributed by atoms with E-state index in [1.807, 2.05) is 18.2 Å². The van der Waals surface area contributed by atoms with Crippen LogP contribution in [0.15, 0.2) is 24.3 Å². The summed E-state index contributed by atoms with van der Waals surface area (Å²) in [7, 11) is 0. The molecule has 0 N–H and O–H groups in total. The second kappa shape index (κ2) is 5.09. The molecule has 0 unspecified atom stereocenters. The minimum atomic E-state index is 0.821. The van der Waals surface area contributed by atoms with Gasteiger partial charge >= 0.3 is 0 Å². The number of nitriles is 1. The molecular weight excluding hydrogens is 222 g/mol. The number of rotatable bonds is 3. The van der Waals surface area contributed by atoms with Crippen LogP contribution in [0, 0.1) is 11.3 Å². The SMILES string of the molecule is N#Cc1ccccc1CN1CCN(C2CC2)CC1. The summed E-state index contributed by atoms with van der Waals surface area (Å²) < 4.78 is 0. The molecule has 1 aliphatic carbocycles. The summed E-state index contributed by atoms with van der Waals surface area (Å²) in [6.07, 6.45) is 2.80. The maximum atomic E-state index is 9.09. The van der Waals surface area contributed by atoms with E-state index in [0.717, 1.165) is 31.2 Å². The molecule has 0 bridgehead atoms. The quantitative estimate of drug-likeness (QED) is 0.809. The average molecular weight is 241 g/mol. The summed E-state index contributed by atoms with van der Waals surface area (Å²) >= 11 is 0. The fourth-order valence-electron chi connectivity index (χ4n) is 2.73. The van der Waals surface area contributed by atoms with Crippen molar-refractivity contribution in [3.63, 3.8) is 0 Å². The molecule has 1 aliphatic heterocycles. The zero-order valence-corrected chi connectivity index (χ0v) is 10.7. The lowest BCUT2D eigenvalue weighted by atomic mass is 10.1. The third kappa shape index (κ3) is 2.55. The summed E-state index contributed by atoms with van der Waals surface area (Å²) in [6, 6.07) is 11.1. The zero-order valence-electron chi connectivity index (χ0n) is 10.7. The van der Waals surface area contributed by atoms with Gasteiger partial charge in [0.15, 0.2) is 0 Å². The lowest BCUT2D eigenvalue weighted by Gasteiger charge is -2.34. The first-order valence-corrected chi connectivity index (χ1v) is 6.81. The lowest BCUT2D eigenvalue weighted by Crippen LogP contribution is -2.46. The summed E-state index contributed by atoms with van der Waals surface area (Å²) in [6.45, 7) is 5.58. The van der Waals surface area contributed by atoms with Gasteiger partial charge in [-0.15, -0.1) is 0 Å². The highest BCUT2D eigenvalue weighted by Gasteiger charge is 2.31. The van der Waals surface area contributed by atoms with E-state index in [2.05, 4.69) is 21.9 Å². The predicted octanol–water partition coefficient (Wildman–Crippen LogP) is 1.84. The molecule has 1 aromatic rings. The normalized spacial score (nSPS) is 21.7. The lowest BCUT2D eigenvalue weighted by molar-refractivity contribution is 0.121. The molecule has 18 heavy (non-hydrogen) atoms. The highest BCUT2D eigenvalue weighted by Crippen LogP contribution is 2.27. The Bertz CT molecular complexity index is 451. The van der Waals surface area contributed by atoms with Crippen LogP contribution in [-0.4, -0.2) is 42.0 Å². The van der Waals surface area contributed by atoms with Crippen molar-refractivity contribution in [2.75, 3.05) is 26.2 Å². The van der Waals surface area contributed by atoms with E-state index < -0.39 is 0 Å². The molecule has 1 saturated carbocycles. The molecule has 0 atom stereocenters. The number of nitrogens with zero attached hydrogens (tertiary/aromatic N) is 3. The van der Waals surface area contributed by atoms with E-state index in [4.69, 9.17) is 5.26 Å². The molecule has 2 fully saturated rings. The minimum absolute atomic E-state index is 0.821. The van der Waals surface area contributed by atoms with Gasteiger partial charge in [-0.25, -0.2) is 0 Å². The van der Waals surface area contributed by atoms with E-state index in [0.29, 0.717) is 0 Å². The Morgan fingerprint density at radius 3 is 2.50 bits per heavy atom. The van der Waals surface area contributed by atoms with Crippen LogP contribution in [0.5, 0.6) is 0 Å². The Labute approximate surface area is 109 Å². The molecule has 0 amide bonds. The molecule has 94 valence electrons. The van der Waals surface area contributed by atoms with Gasteiger partial charge in [-0.2, -0.15) is 5.26 Å². The van der Waals surface area contributed by atoms with Gasteiger partial charge in [0, 0.05) is 38.8 Å². The molecule has 1 saturated heterocycles. The molecule has 0 spiro atoms. The van der Waals surface area contributed by atoms with Crippen molar-refractivity contribution in [1.29, 1.82) is 5.26 Å². The van der Waals surface area contributed by atoms with E-state index >= 15 is 0 Å². The first kappa shape index (κ1) is 11.7. The standard InChI is InChI=1S/C15H19N3/c16-11-13-3-1-2-4-14(13)12-17-7-9-18(10-8-17)15-5-6-15/h1-4,15H,5-10,12H2. The van der Waals surface area contributed by atoms with Crippen LogP contribution in [0.25, 0.3) is 0 Å². The van der Waals surface area contributed by atoms with Gasteiger partial charge in [-0.1, -0.05) is 18.2 Å². The first-order valence-electron chi connectivity index (χ1n) is 6.81. The second-order valence-corrected chi connectivity index (χ2v) is 5.31. The van der Waals surface area contributed by atoms with Crippen molar-refractivity contribution in [3.05, 3.63) is 35.4 Å². The first-order chi connectivity index (χ1) is 8.86. The van der Waals surface area contributed by atoms with Crippen LogP contribution in [0.2, 0.25) is 0 Å². The number of hydrogen-bond acceptors (Lipinski definition) is 3. The van der Waals surface area contributed by atoms with Crippen LogP contribution in [0.3, 0.4) is 0 Å². The van der Waals surface area contributed by atoms with Crippen molar-refractivity contribution in [3.8, 4) is 6.07 Å². The molecule has 0 radical (unpaired) electrons. The van der Waals surface area contributed by atoms with Crippen LogP contribution in [0.4, 0.5) is 0 Å². The monoisotopic (exact) mass is 241 g/mol. The smallest absolute Gasteiger partial charge is 0.0995 e. The summed E-state index contributed by atoms with van der Waals surface area (Å²) in [5, 5.41) is 9.09. The van der Waals surface area contributed by atoms with Crippen molar-refractivity contribution < 1.29 is 0 Å². The zero-order chi connectivity index (χ0) is 12.4. The highest BCUT2D eigenvalue weighted by atomic mass is 15.3. The Balaban J connectivity index is 1.58. The highest BCUT2D eigenvalue weighted by molar-refractivity contribution is 5.37. The van der Waals surface area contributed by atoms with Gasteiger partial charge < -0.3 is 0 Å². The largest absolute Gasteiger partial charge is 0.298 e. The summed E-state index contributed by atoms with van der Waals surface area (Å²) in [5.74, 6) is 0. The molecule has 0 aromatic heterocycles. The van der Waals surface area contributed by atoms with Gasteiger partial charge in [-0.3, -0.25) is 9.80 Å². The third-order valence-electron chi connectivity index (χ3n) is 4.00. The fraction of sp³-hybridized carbons (Fsp3) is 0.533. The van der Waals surface area contributed by atoms with Crippen LogP contribution in [-0.2, 0) is 6.54 Å². The Hall–Kier alpha value is -1.37. The molecular formula is C15H19N3. The predicted molar refractivity (Wildman–Crippen MR) is 71.0 cm³/mol. The van der Waals surface area contributed by atoms with Crippen LogP contribution in [0.1, 0.15) is 24.0 Å². The van der Waals surface area contributed by atoms with E-state index in [-0.39, 0.29) is 0 Å². The average Bonchev–Trinajstić information content (AvgIpc) is 3.25. The van der Waals surface area contributed by atoms with Crippen molar-refractivity contribution in [2.45, 2.75) is 25.4 Å². The maximum absolute atomic E-state index is 9.09. The minimum Gasteiger partial charge on any atom is -0.298 e. The fourth-order valence-corrected chi connectivity index (χ4v) is 2.73. The van der Waals surface area contributed by atoms with Crippen molar-refractivity contribution >= 4 is 0 Å². The Morgan fingerprint density at radius 1 is 1.11 bits per heavy atom. The topological polar surface area (TPSA) is 30.3 Å². The van der Waals surface area contributed by atoms with Crippen molar-refractivity contribution in [2.24, 2.45) is 0 Å². The van der Waals surface area contributed by atoms with Gasteiger partial charge in [-0.05, 0) is 24.5 Å². The van der Waals surface area contributed by atoms with Crippen molar-refractivity contribution in [1.82, 2.24) is 9.80 Å². The number of hydrogen-bond donors (Lipinski definition) is 0. The summed E-state index contributed by atoms with van der Waals surface area (Å²) in [4.78, 5) is 5.09. The molecule has 3 rings (SSSR count).